The first-order chi connectivity index (χ1) is 12.6. The van der Waals surface area contributed by atoms with Crippen molar-refractivity contribution < 1.29 is 13.2 Å². The molecule has 0 aliphatic rings. The van der Waals surface area contributed by atoms with Gasteiger partial charge in [0.2, 0.25) is 10.0 Å². The van der Waals surface area contributed by atoms with Crippen LogP contribution in [-0.2, 0) is 16.6 Å². The van der Waals surface area contributed by atoms with Gasteiger partial charge in [0.05, 0.1) is 12.4 Å². The third-order valence-electron chi connectivity index (χ3n) is 3.67. The fourth-order valence-corrected chi connectivity index (χ4v) is 4.12. The Morgan fingerprint density at radius 3 is 2.69 bits per heavy atom. The van der Waals surface area contributed by atoms with Crippen LogP contribution in [0.15, 0.2) is 66.3 Å². The van der Waals surface area contributed by atoms with E-state index in [4.69, 9.17) is 4.74 Å². The molecule has 0 spiro atoms. The van der Waals surface area contributed by atoms with Crippen molar-refractivity contribution in [2.24, 2.45) is 0 Å². The van der Waals surface area contributed by atoms with E-state index in [0.29, 0.717) is 13.0 Å². The number of hydrogen-bond donors (Lipinski definition) is 1. The Morgan fingerprint density at radius 1 is 1.08 bits per heavy atom. The van der Waals surface area contributed by atoms with E-state index in [0.717, 1.165) is 21.8 Å². The molecule has 2 heterocycles. The van der Waals surface area contributed by atoms with Crippen molar-refractivity contribution in [2.75, 3.05) is 12.4 Å². The van der Waals surface area contributed by atoms with Crippen LogP contribution in [-0.4, -0.2) is 25.8 Å². The summed E-state index contributed by atoms with van der Waals surface area (Å²) in [7, 11) is -3.36. The van der Waals surface area contributed by atoms with Crippen molar-refractivity contribution in [3.8, 4) is 16.2 Å². The van der Waals surface area contributed by atoms with Gasteiger partial charge >= 0.3 is 0 Å². The summed E-state index contributed by atoms with van der Waals surface area (Å²) in [5, 5.41) is 2.00. The van der Waals surface area contributed by atoms with Crippen LogP contribution in [0.4, 0.5) is 0 Å². The Morgan fingerprint density at radius 2 is 1.92 bits per heavy atom. The maximum absolute atomic E-state index is 12.1. The van der Waals surface area contributed by atoms with E-state index in [1.54, 1.807) is 23.7 Å². The predicted molar refractivity (Wildman–Crippen MR) is 105 cm³/mol. The smallest absolute Gasteiger partial charge is 0.212 e. The molecule has 0 radical (unpaired) electrons. The highest BCUT2D eigenvalue weighted by atomic mass is 32.2. The molecule has 0 fully saturated rings. The summed E-state index contributed by atoms with van der Waals surface area (Å²) in [4.78, 5) is 5.31. The summed E-state index contributed by atoms with van der Waals surface area (Å²) in [5.41, 5.74) is 1.83. The lowest BCUT2D eigenvalue weighted by molar-refractivity contribution is 0.317. The number of pyridine rings is 1. The standard InChI is InChI=1S/C19H20N2O3S2/c22-26(23,11-5-9-24-18-6-2-1-3-7-18)21-14-16-12-17(15-20-13-16)19-8-4-10-25-19/h1-4,6-8,10,12-13,15,21H,5,9,11,14H2. The average molecular weight is 389 g/mol. The van der Waals surface area contributed by atoms with Crippen LogP contribution in [0.2, 0.25) is 0 Å². The number of thiophene rings is 1. The zero-order valence-electron chi connectivity index (χ0n) is 14.2. The quantitative estimate of drug-likeness (QED) is 0.568. The van der Waals surface area contributed by atoms with Gasteiger partial charge < -0.3 is 4.74 Å². The fourth-order valence-electron chi connectivity index (χ4n) is 2.38. The Balaban J connectivity index is 1.47. The second-order valence-corrected chi connectivity index (χ2v) is 8.59. The van der Waals surface area contributed by atoms with Gasteiger partial charge in [-0.15, -0.1) is 11.3 Å². The topological polar surface area (TPSA) is 68.3 Å². The van der Waals surface area contributed by atoms with Crippen molar-refractivity contribution in [1.29, 1.82) is 0 Å². The number of rotatable bonds is 9. The Kier molecular flexibility index (Phi) is 6.38. The summed E-state index contributed by atoms with van der Waals surface area (Å²) in [6, 6.07) is 15.3. The minimum absolute atomic E-state index is 0.0257. The second kappa shape index (κ2) is 8.93. The van der Waals surface area contributed by atoms with E-state index in [1.165, 1.54) is 0 Å². The highest BCUT2D eigenvalue weighted by Gasteiger charge is 2.10. The molecule has 0 amide bonds. The number of nitrogens with zero attached hydrogens (tertiary/aromatic N) is 1. The molecule has 26 heavy (non-hydrogen) atoms. The highest BCUT2D eigenvalue weighted by molar-refractivity contribution is 7.89. The molecule has 1 N–H and O–H groups in total. The third-order valence-corrected chi connectivity index (χ3v) is 6.00. The second-order valence-electron chi connectivity index (χ2n) is 5.71. The maximum atomic E-state index is 12.1. The van der Waals surface area contributed by atoms with Gasteiger partial charge in [-0.25, -0.2) is 13.1 Å². The van der Waals surface area contributed by atoms with Crippen molar-refractivity contribution in [2.45, 2.75) is 13.0 Å². The largest absolute Gasteiger partial charge is 0.494 e. The molecular weight excluding hydrogens is 368 g/mol. The van der Waals surface area contributed by atoms with E-state index < -0.39 is 10.0 Å². The maximum Gasteiger partial charge on any atom is 0.212 e. The van der Waals surface area contributed by atoms with Crippen LogP contribution < -0.4 is 9.46 Å². The van der Waals surface area contributed by atoms with Crippen molar-refractivity contribution in [1.82, 2.24) is 9.71 Å². The highest BCUT2D eigenvalue weighted by Crippen LogP contribution is 2.24. The van der Waals surface area contributed by atoms with Gasteiger partial charge in [0.25, 0.3) is 0 Å². The molecule has 0 saturated heterocycles. The van der Waals surface area contributed by atoms with Gasteiger partial charge in [0.1, 0.15) is 5.75 Å². The molecule has 1 aromatic carbocycles. The SMILES string of the molecule is O=S(=O)(CCCOc1ccccc1)NCc1cncc(-c2cccs2)c1. The van der Waals surface area contributed by atoms with E-state index in [9.17, 15) is 8.42 Å². The van der Waals surface area contributed by atoms with Gasteiger partial charge in [-0.3, -0.25) is 4.98 Å². The molecule has 136 valence electrons. The molecule has 0 aliphatic carbocycles. The molecule has 0 atom stereocenters. The van der Waals surface area contributed by atoms with E-state index >= 15 is 0 Å². The van der Waals surface area contributed by atoms with Crippen LogP contribution in [0, 0.1) is 0 Å². The van der Waals surface area contributed by atoms with E-state index in [1.807, 2.05) is 53.9 Å². The minimum atomic E-state index is -3.36. The molecule has 2 aromatic heterocycles. The van der Waals surface area contributed by atoms with Crippen LogP contribution in [0.3, 0.4) is 0 Å². The Labute approximate surface area is 157 Å². The summed E-state index contributed by atoms with van der Waals surface area (Å²) >= 11 is 1.63. The van der Waals surface area contributed by atoms with Crippen LogP contribution >= 0.6 is 11.3 Å². The predicted octanol–water partition coefficient (Wildman–Crippen LogP) is 3.70. The first-order valence-electron chi connectivity index (χ1n) is 8.25. The monoisotopic (exact) mass is 388 g/mol. The van der Waals surface area contributed by atoms with Gasteiger partial charge in [0, 0.05) is 29.4 Å². The summed E-state index contributed by atoms with van der Waals surface area (Å²) in [6.07, 6.45) is 3.89. The number of benzene rings is 1. The third kappa shape index (κ3) is 5.66. The minimum Gasteiger partial charge on any atom is -0.494 e. The molecule has 5 nitrogen and oxygen atoms in total. The zero-order chi connectivity index (χ0) is 18.2. The molecule has 0 aliphatic heterocycles. The number of aromatic nitrogens is 1. The number of nitrogens with one attached hydrogen (secondary N) is 1. The lowest BCUT2D eigenvalue weighted by Crippen LogP contribution is -2.26. The number of ether oxygens (including phenoxy) is 1. The van der Waals surface area contributed by atoms with E-state index in [2.05, 4.69) is 9.71 Å². The normalized spacial score (nSPS) is 11.4. The average Bonchev–Trinajstić information content (AvgIpc) is 3.20. The molecule has 3 rings (SSSR count). The van der Waals surface area contributed by atoms with Crippen LogP contribution in [0.25, 0.3) is 10.4 Å². The fraction of sp³-hybridized carbons (Fsp3) is 0.211. The lowest BCUT2D eigenvalue weighted by Gasteiger charge is -2.09. The van der Waals surface area contributed by atoms with Crippen molar-refractivity contribution in [3.63, 3.8) is 0 Å². The number of sulfonamides is 1. The molecule has 0 saturated carbocycles. The zero-order valence-corrected chi connectivity index (χ0v) is 15.8. The molecule has 0 bridgehead atoms. The van der Waals surface area contributed by atoms with Crippen LogP contribution in [0.5, 0.6) is 5.75 Å². The Bertz CT molecular complexity index is 911. The molecule has 3 aromatic rings. The van der Waals surface area contributed by atoms with Gasteiger partial charge in [-0.05, 0) is 41.6 Å². The molecule has 7 heteroatoms. The first kappa shape index (κ1) is 18.6. The molecule has 0 unspecified atom stereocenters. The summed E-state index contributed by atoms with van der Waals surface area (Å²) in [5.74, 6) is 0.770. The van der Waals surface area contributed by atoms with Crippen LogP contribution in [0.1, 0.15) is 12.0 Å². The summed E-state index contributed by atoms with van der Waals surface area (Å²) in [6.45, 7) is 0.592. The number of hydrogen-bond acceptors (Lipinski definition) is 5. The van der Waals surface area contributed by atoms with Crippen molar-refractivity contribution >= 4 is 21.4 Å². The number of para-hydroxylation sites is 1. The van der Waals surface area contributed by atoms with Gasteiger partial charge in [0.15, 0.2) is 0 Å². The van der Waals surface area contributed by atoms with Gasteiger partial charge in [-0.2, -0.15) is 0 Å². The lowest BCUT2D eigenvalue weighted by atomic mass is 10.2. The van der Waals surface area contributed by atoms with Gasteiger partial charge in [-0.1, -0.05) is 24.3 Å². The Hall–Kier alpha value is -2.22. The first-order valence-corrected chi connectivity index (χ1v) is 10.8. The summed E-state index contributed by atoms with van der Waals surface area (Å²) < 4.78 is 32.4. The molecular formula is C19H20N2O3S2. The van der Waals surface area contributed by atoms with E-state index in [-0.39, 0.29) is 12.3 Å². The van der Waals surface area contributed by atoms with Crippen molar-refractivity contribution in [3.05, 3.63) is 71.9 Å².